The van der Waals surface area contributed by atoms with Gasteiger partial charge in [-0.05, 0) is 62.7 Å². The lowest BCUT2D eigenvalue weighted by Gasteiger charge is -2.26. The number of piperidine rings is 1. The number of sulfone groups is 1. The predicted octanol–water partition coefficient (Wildman–Crippen LogP) is 4.61. The van der Waals surface area contributed by atoms with E-state index in [2.05, 4.69) is 9.88 Å². The highest BCUT2D eigenvalue weighted by Gasteiger charge is 2.21. The molecule has 0 spiro atoms. The Hall–Kier alpha value is -2.44. The molecule has 0 atom stereocenters. The number of rotatable bonds is 6. The first kappa shape index (κ1) is 19.9. The molecule has 3 aromatic rings. The van der Waals surface area contributed by atoms with E-state index in [0.29, 0.717) is 22.2 Å². The SMILES string of the molecule is Cc1oc(-c2ccccc2)nc1CS(=O)(=O)c1ccc(CN2CCCCC2)cc1. The predicted molar refractivity (Wildman–Crippen MR) is 113 cm³/mol. The van der Waals surface area contributed by atoms with Gasteiger partial charge in [0.15, 0.2) is 9.84 Å². The van der Waals surface area contributed by atoms with E-state index in [-0.39, 0.29) is 5.75 Å². The summed E-state index contributed by atoms with van der Waals surface area (Å²) in [7, 11) is -3.49. The molecule has 1 saturated heterocycles. The van der Waals surface area contributed by atoms with Gasteiger partial charge in [0.2, 0.25) is 5.89 Å². The van der Waals surface area contributed by atoms with Crippen LogP contribution in [0.5, 0.6) is 0 Å². The Kier molecular flexibility index (Phi) is 5.83. The van der Waals surface area contributed by atoms with Crippen LogP contribution in [-0.2, 0) is 22.1 Å². The summed E-state index contributed by atoms with van der Waals surface area (Å²) < 4.78 is 31.5. The molecule has 0 saturated carbocycles. The first-order valence-electron chi connectivity index (χ1n) is 10.1. The molecule has 5 nitrogen and oxygen atoms in total. The first-order chi connectivity index (χ1) is 14.0. The Balaban J connectivity index is 1.48. The largest absolute Gasteiger partial charge is 0.441 e. The van der Waals surface area contributed by atoms with Gasteiger partial charge < -0.3 is 4.42 Å². The van der Waals surface area contributed by atoms with Crippen LogP contribution in [0.25, 0.3) is 11.5 Å². The molecule has 0 aliphatic carbocycles. The summed E-state index contributed by atoms with van der Waals surface area (Å²) in [6.07, 6.45) is 3.80. The number of hydrogen-bond acceptors (Lipinski definition) is 5. The van der Waals surface area contributed by atoms with Gasteiger partial charge in [0.05, 0.1) is 10.6 Å². The number of aryl methyl sites for hydroxylation is 1. The zero-order chi connectivity index (χ0) is 20.3. The lowest BCUT2D eigenvalue weighted by Crippen LogP contribution is -2.29. The van der Waals surface area contributed by atoms with Gasteiger partial charge in [0.25, 0.3) is 0 Å². The van der Waals surface area contributed by atoms with E-state index in [1.807, 2.05) is 42.5 Å². The van der Waals surface area contributed by atoms with Crippen LogP contribution >= 0.6 is 0 Å². The second-order valence-corrected chi connectivity index (χ2v) is 9.62. The monoisotopic (exact) mass is 410 g/mol. The standard InChI is InChI=1S/C23H26N2O3S/c1-18-22(24-23(28-18)20-8-4-2-5-9-20)17-29(26,27)21-12-10-19(11-13-21)16-25-14-6-3-7-15-25/h2,4-5,8-13H,3,6-7,14-17H2,1H3. The second kappa shape index (κ2) is 8.51. The van der Waals surface area contributed by atoms with Crippen LogP contribution in [0.3, 0.4) is 0 Å². The van der Waals surface area contributed by atoms with Crippen LogP contribution < -0.4 is 0 Å². The molecule has 0 N–H and O–H groups in total. The molecule has 1 aliphatic heterocycles. The Morgan fingerprint density at radius 1 is 0.966 bits per heavy atom. The fourth-order valence-electron chi connectivity index (χ4n) is 3.71. The molecular formula is C23H26N2O3S. The zero-order valence-corrected chi connectivity index (χ0v) is 17.5. The first-order valence-corrected chi connectivity index (χ1v) is 11.7. The third-order valence-electron chi connectivity index (χ3n) is 5.38. The molecule has 6 heteroatoms. The Labute approximate surface area is 172 Å². The fourth-order valence-corrected chi connectivity index (χ4v) is 5.05. The Morgan fingerprint density at radius 3 is 2.34 bits per heavy atom. The zero-order valence-electron chi connectivity index (χ0n) is 16.7. The molecule has 2 aromatic carbocycles. The van der Waals surface area contributed by atoms with Crippen molar-refractivity contribution < 1.29 is 12.8 Å². The molecule has 1 aromatic heterocycles. The quantitative estimate of drug-likeness (QED) is 0.594. The highest BCUT2D eigenvalue weighted by atomic mass is 32.2. The number of benzene rings is 2. The minimum absolute atomic E-state index is 0.166. The third-order valence-corrected chi connectivity index (χ3v) is 7.02. The average molecular weight is 411 g/mol. The minimum atomic E-state index is -3.49. The van der Waals surface area contributed by atoms with Crippen LogP contribution in [0, 0.1) is 6.92 Å². The average Bonchev–Trinajstić information content (AvgIpc) is 3.09. The van der Waals surface area contributed by atoms with Gasteiger partial charge >= 0.3 is 0 Å². The minimum Gasteiger partial charge on any atom is -0.441 e. The molecule has 1 fully saturated rings. The van der Waals surface area contributed by atoms with Crippen LogP contribution in [0.15, 0.2) is 63.9 Å². The molecule has 0 unspecified atom stereocenters. The summed E-state index contributed by atoms with van der Waals surface area (Å²) in [6, 6.07) is 16.8. The van der Waals surface area contributed by atoms with Crippen molar-refractivity contribution in [1.29, 1.82) is 0 Å². The van der Waals surface area contributed by atoms with Gasteiger partial charge in [0.1, 0.15) is 11.5 Å². The normalized spacial score (nSPS) is 15.5. The van der Waals surface area contributed by atoms with Gasteiger partial charge in [-0.25, -0.2) is 13.4 Å². The van der Waals surface area contributed by atoms with Gasteiger partial charge in [-0.3, -0.25) is 4.90 Å². The Morgan fingerprint density at radius 2 is 1.66 bits per heavy atom. The van der Waals surface area contributed by atoms with Crippen molar-refractivity contribution >= 4 is 9.84 Å². The van der Waals surface area contributed by atoms with Gasteiger partial charge in [-0.2, -0.15) is 0 Å². The summed E-state index contributed by atoms with van der Waals surface area (Å²) in [5.74, 6) is 0.819. The summed E-state index contributed by atoms with van der Waals surface area (Å²) >= 11 is 0. The highest BCUT2D eigenvalue weighted by molar-refractivity contribution is 7.90. The summed E-state index contributed by atoms with van der Waals surface area (Å²) in [6.45, 7) is 4.87. The van der Waals surface area contributed by atoms with Crippen molar-refractivity contribution in [2.75, 3.05) is 13.1 Å². The van der Waals surface area contributed by atoms with Crippen LogP contribution in [0.1, 0.15) is 36.3 Å². The van der Waals surface area contributed by atoms with E-state index in [4.69, 9.17) is 4.42 Å². The molecular weight excluding hydrogens is 384 g/mol. The van der Waals surface area contributed by atoms with E-state index in [1.54, 1.807) is 19.1 Å². The summed E-state index contributed by atoms with van der Waals surface area (Å²) in [5.41, 5.74) is 2.44. The second-order valence-electron chi connectivity index (χ2n) is 7.63. The van der Waals surface area contributed by atoms with E-state index in [1.165, 1.54) is 19.3 Å². The summed E-state index contributed by atoms with van der Waals surface area (Å²) in [4.78, 5) is 7.18. The van der Waals surface area contributed by atoms with Crippen LogP contribution in [0.4, 0.5) is 0 Å². The molecule has 0 bridgehead atoms. The highest BCUT2D eigenvalue weighted by Crippen LogP contribution is 2.25. The van der Waals surface area contributed by atoms with E-state index in [0.717, 1.165) is 30.8 Å². The van der Waals surface area contributed by atoms with Crippen LogP contribution in [0.2, 0.25) is 0 Å². The van der Waals surface area contributed by atoms with Crippen molar-refractivity contribution in [3.8, 4) is 11.5 Å². The van der Waals surface area contributed by atoms with Gasteiger partial charge in [-0.1, -0.05) is 36.8 Å². The van der Waals surface area contributed by atoms with E-state index < -0.39 is 9.84 Å². The number of likely N-dealkylation sites (tertiary alicyclic amines) is 1. The molecule has 4 rings (SSSR count). The number of nitrogens with zero attached hydrogens (tertiary/aromatic N) is 2. The summed E-state index contributed by atoms with van der Waals surface area (Å²) in [5, 5.41) is 0. The maximum Gasteiger partial charge on any atom is 0.226 e. The van der Waals surface area contributed by atoms with E-state index >= 15 is 0 Å². The molecule has 152 valence electrons. The van der Waals surface area contributed by atoms with Crippen LogP contribution in [-0.4, -0.2) is 31.4 Å². The number of aromatic nitrogens is 1. The van der Waals surface area contributed by atoms with E-state index in [9.17, 15) is 8.42 Å². The smallest absolute Gasteiger partial charge is 0.226 e. The molecule has 2 heterocycles. The number of hydrogen-bond donors (Lipinski definition) is 0. The van der Waals surface area contributed by atoms with Crippen molar-refractivity contribution in [1.82, 2.24) is 9.88 Å². The molecule has 29 heavy (non-hydrogen) atoms. The number of oxazole rings is 1. The van der Waals surface area contributed by atoms with Crippen molar-refractivity contribution in [3.05, 3.63) is 71.6 Å². The molecule has 1 aliphatic rings. The van der Waals surface area contributed by atoms with Crippen molar-refractivity contribution in [3.63, 3.8) is 0 Å². The lowest BCUT2D eigenvalue weighted by molar-refractivity contribution is 0.221. The lowest BCUT2D eigenvalue weighted by atomic mass is 10.1. The Bertz CT molecular complexity index is 1050. The topological polar surface area (TPSA) is 63.4 Å². The van der Waals surface area contributed by atoms with Crippen molar-refractivity contribution in [2.24, 2.45) is 0 Å². The molecule has 0 amide bonds. The third kappa shape index (κ3) is 4.77. The van der Waals surface area contributed by atoms with Gasteiger partial charge in [0, 0.05) is 12.1 Å². The maximum absolute atomic E-state index is 12.9. The fraction of sp³-hybridized carbons (Fsp3) is 0.348. The maximum atomic E-state index is 12.9. The van der Waals surface area contributed by atoms with Crippen molar-refractivity contribution in [2.45, 2.75) is 43.4 Å². The van der Waals surface area contributed by atoms with Gasteiger partial charge in [-0.15, -0.1) is 0 Å². The molecule has 0 radical (unpaired) electrons.